The molecule has 0 atom stereocenters. The van der Waals surface area contributed by atoms with E-state index in [4.69, 9.17) is 0 Å². The van der Waals surface area contributed by atoms with Gasteiger partial charge in [0.25, 0.3) is 0 Å². The van der Waals surface area contributed by atoms with Crippen molar-refractivity contribution < 1.29 is 18.4 Å². The summed E-state index contributed by atoms with van der Waals surface area (Å²) >= 11 is 0. The van der Waals surface area contributed by atoms with E-state index in [1.807, 2.05) is 11.4 Å². The minimum Gasteiger partial charge on any atom is -0.344 e. The molecule has 4 nitrogen and oxygen atoms in total. The molecular weight excluding hydrogens is 278 g/mol. The zero-order valence-electron chi connectivity index (χ0n) is 10.9. The number of amides is 2. The van der Waals surface area contributed by atoms with Gasteiger partial charge in [-0.15, -0.1) is 0 Å². The Morgan fingerprint density at radius 1 is 0.857 bits per heavy atom. The van der Waals surface area contributed by atoms with Crippen LogP contribution in [0.3, 0.4) is 0 Å². The van der Waals surface area contributed by atoms with Gasteiger partial charge in [0.05, 0.1) is 0 Å². The molecule has 0 unspecified atom stereocenters. The van der Waals surface area contributed by atoms with Crippen LogP contribution in [-0.2, 0) is 16.1 Å². The fraction of sp³-hybridized carbons (Fsp3) is 0.0667. The van der Waals surface area contributed by atoms with Gasteiger partial charge in [0.1, 0.15) is 17.3 Å². The summed E-state index contributed by atoms with van der Waals surface area (Å²) in [4.78, 5) is 23.2. The predicted molar refractivity (Wildman–Crippen MR) is 73.3 cm³/mol. The topological polar surface area (TPSA) is 58.2 Å². The molecule has 0 saturated heterocycles. The Morgan fingerprint density at radius 3 is 2.10 bits per heavy atom. The van der Waals surface area contributed by atoms with Gasteiger partial charge in [-0.1, -0.05) is 36.4 Å². The summed E-state index contributed by atoms with van der Waals surface area (Å²) in [6, 6.07) is 12.1. The van der Waals surface area contributed by atoms with Crippen LogP contribution in [-0.4, -0.2) is 11.8 Å². The van der Waals surface area contributed by atoms with Crippen LogP contribution in [0.2, 0.25) is 0 Å². The minimum atomic E-state index is -1.13. The number of carbonyl (C=O) groups excluding carboxylic acids is 2. The summed E-state index contributed by atoms with van der Waals surface area (Å²) in [7, 11) is 0. The van der Waals surface area contributed by atoms with Crippen LogP contribution >= 0.6 is 0 Å². The molecule has 2 N–H and O–H groups in total. The molecule has 0 aliphatic heterocycles. The Kier molecular flexibility index (Phi) is 4.61. The lowest BCUT2D eigenvalue weighted by molar-refractivity contribution is -0.136. The van der Waals surface area contributed by atoms with Crippen molar-refractivity contribution in [2.45, 2.75) is 6.54 Å². The van der Waals surface area contributed by atoms with Crippen molar-refractivity contribution >= 4 is 17.5 Å². The maximum Gasteiger partial charge on any atom is 0.313 e. The highest BCUT2D eigenvalue weighted by Crippen LogP contribution is 2.17. The van der Waals surface area contributed by atoms with Crippen LogP contribution in [0.1, 0.15) is 5.56 Å². The Balaban J connectivity index is 1.96. The fourth-order valence-corrected chi connectivity index (χ4v) is 1.65. The van der Waals surface area contributed by atoms with Crippen LogP contribution in [0.4, 0.5) is 14.5 Å². The van der Waals surface area contributed by atoms with Crippen molar-refractivity contribution in [3.8, 4) is 0 Å². The molecule has 6 heteroatoms. The molecule has 2 amide bonds. The van der Waals surface area contributed by atoms with Gasteiger partial charge in [0.2, 0.25) is 0 Å². The highest BCUT2D eigenvalue weighted by Gasteiger charge is 2.17. The van der Waals surface area contributed by atoms with Crippen LogP contribution in [0.5, 0.6) is 0 Å². The van der Waals surface area contributed by atoms with Crippen LogP contribution in [0.15, 0.2) is 48.5 Å². The number of halogens is 2. The van der Waals surface area contributed by atoms with E-state index >= 15 is 0 Å². The second kappa shape index (κ2) is 6.60. The molecule has 108 valence electrons. The molecule has 0 aliphatic rings. The first-order valence-electron chi connectivity index (χ1n) is 6.15. The normalized spacial score (nSPS) is 10.0. The van der Waals surface area contributed by atoms with Gasteiger partial charge in [0, 0.05) is 6.54 Å². The molecule has 0 spiro atoms. The van der Waals surface area contributed by atoms with E-state index in [-0.39, 0.29) is 6.54 Å². The molecule has 0 radical (unpaired) electrons. The van der Waals surface area contributed by atoms with E-state index in [1.165, 1.54) is 0 Å². The van der Waals surface area contributed by atoms with Crippen molar-refractivity contribution in [1.29, 1.82) is 0 Å². The third kappa shape index (κ3) is 3.85. The van der Waals surface area contributed by atoms with Crippen molar-refractivity contribution in [2.75, 3.05) is 5.32 Å². The Labute approximate surface area is 119 Å². The SMILES string of the molecule is O=C(NCc1ccccc1)C(=O)Nc1c(F)cccc1F. The highest BCUT2D eigenvalue weighted by atomic mass is 19.1. The number of nitrogens with one attached hydrogen (secondary N) is 2. The van der Waals surface area contributed by atoms with E-state index in [0.29, 0.717) is 0 Å². The van der Waals surface area contributed by atoms with E-state index < -0.39 is 29.1 Å². The zero-order chi connectivity index (χ0) is 15.2. The molecule has 0 heterocycles. The van der Waals surface area contributed by atoms with Gasteiger partial charge < -0.3 is 10.6 Å². The first kappa shape index (κ1) is 14.6. The monoisotopic (exact) mass is 290 g/mol. The smallest absolute Gasteiger partial charge is 0.313 e. The van der Waals surface area contributed by atoms with E-state index in [0.717, 1.165) is 23.8 Å². The number of rotatable bonds is 3. The molecule has 0 aliphatic carbocycles. The first-order valence-corrected chi connectivity index (χ1v) is 6.15. The molecule has 0 bridgehead atoms. The molecule has 2 aromatic carbocycles. The summed E-state index contributed by atoms with van der Waals surface area (Å²) in [6.07, 6.45) is 0. The Hall–Kier alpha value is -2.76. The van der Waals surface area contributed by atoms with Crippen molar-refractivity contribution in [1.82, 2.24) is 5.32 Å². The maximum absolute atomic E-state index is 13.3. The number of para-hydroxylation sites is 1. The van der Waals surface area contributed by atoms with Crippen molar-refractivity contribution in [3.05, 3.63) is 65.7 Å². The summed E-state index contributed by atoms with van der Waals surface area (Å²) in [6.45, 7) is 0.146. The lowest BCUT2D eigenvalue weighted by atomic mass is 10.2. The van der Waals surface area contributed by atoms with Gasteiger partial charge in [-0.3, -0.25) is 9.59 Å². The Morgan fingerprint density at radius 2 is 1.48 bits per heavy atom. The molecule has 2 aromatic rings. The van der Waals surface area contributed by atoms with Gasteiger partial charge >= 0.3 is 11.8 Å². The number of hydrogen-bond donors (Lipinski definition) is 2. The van der Waals surface area contributed by atoms with Gasteiger partial charge in [-0.05, 0) is 17.7 Å². The largest absolute Gasteiger partial charge is 0.344 e. The van der Waals surface area contributed by atoms with Gasteiger partial charge in [0.15, 0.2) is 0 Å². The second-order valence-corrected chi connectivity index (χ2v) is 4.22. The van der Waals surface area contributed by atoms with Crippen LogP contribution in [0, 0.1) is 11.6 Å². The zero-order valence-corrected chi connectivity index (χ0v) is 10.9. The van der Waals surface area contributed by atoms with E-state index in [9.17, 15) is 18.4 Å². The van der Waals surface area contributed by atoms with Crippen LogP contribution in [0.25, 0.3) is 0 Å². The summed E-state index contributed by atoms with van der Waals surface area (Å²) in [5.41, 5.74) is 0.160. The quantitative estimate of drug-likeness (QED) is 0.852. The summed E-state index contributed by atoms with van der Waals surface area (Å²) in [5, 5.41) is 4.28. The highest BCUT2D eigenvalue weighted by molar-refractivity contribution is 6.39. The van der Waals surface area contributed by atoms with E-state index in [2.05, 4.69) is 5.32 Å². The molecule has 0 fully saturated rings. The van der Waals surface area contributed by atoms with Crippen molar-refractivity contribution in [2.24, 2.45) is 0 Å². The molecule has 2 rings (SSSR count). The maximum atomic E-state index is 13.3. The first-order chi connectivity index (χ1) is 10.1. The van der Waals surface area contributed by atoms with Gasteiger partial charge in [-0.2, -0.15) is 0 Å². The predicted octanol–water partition coefficient (Wildman–Crippen LogP) is 2.22. The average molecular weight is 290 g/mol. The van der Waals surface area contributed by atoms with E-state index in [1.54, 1.807) is 24.3 Å². The average Bonchev–Trinajstić information content (AvgIpc) is 2.49. The van der Waals surface area contributed by atoms with Crippen molar-refractivity contribution in [3.63, 3.8) is 0 Å². The number of anilines is 1. The second-order valence-electron chi connectivity index (χ2n) is 4.22. The Bertz CT molecular complexity index is 640. The third-order valence-electron chi connectivity index (χ3n) is 2.70. The number of hydrogen-bond acceptors (Lipinski definition) is 2. The molecule has 21 heavy (non-hydrogen) atoms. The third-order valence-corrected chi connectivity index (χ3v) is 2.70. The molecular formula is C15H12F2N2O2. The number of benzene rings is 2. The van der Waals surface area contributed by atoms with Gasteiger partial charge in [-0.25, -0.2) is 8.78 Å². The number of carbonyl (C=O) groups is 2. The minimum absolute atomic E-state index is 0.146. The molecule has 0 saturated carbocycles. The lowest BCUT2D eigenvalue weighted by Gasteiger charge is -2.08. The molecule has 0 aromatic heterocycles. The van der Waals surface area contributed by atoms with Crippen LogP contribution < -0.4 is 10.6 Å². The summed E-state index contributed by atoms with van der Waals surface area (Å²) < 4.78 is 26.7. The lowest BCUT2D eigenvalue weighted by Crippen LogP contribution is -2.35. The summed E-state index contributed by atoms with van der Waals surface area (Å²) in [5.74, 6) is -3.99. The fourth-order valence-electron chi connectivity index (χ4n) is 1.65. The standard InChI is InChI=1S/C15H12F2N2O2/c16-11-7-4-8-12(17)13(11)19-15(21)14(20)18-9-10-5-2-1-3-6-10/h1-8H,9H2,(H,18,20)(H,19,21).